The van der Waals surface area contributed by atoms with E-state index in [0.717, 1.165) is 0 Å². The van der Waals surface area contributed by atoms with Crippen molar-refractivity contribution in [1.82, 2.24) is 4.90 Å². The molecule has 1 aliphatic heterocycles. The minimum absolute atomic E-state index is 0.185. The van der Waals surface area contributed by atoms with Crippen molar-refractivity contribution in [1.29, 1.82) is 0 Å². The summed E-state index contributed by atoms with van der Waals surface area (Å²) in [6, 6.07) is 4.15. The smallest absolute Gasteiger partial charge is 0.407 e. The Morgan fingerprint density at radius 3 is 2.03 bits per heavy atom. The lowest BCUT2D eigenvalue weighted by Crippen LogP contribution is -2.48. The van der Waals surface area contributed by atoms with Crippen LogP contribution in [0.3, 0.4) is 0 Å². The average Bonchev–Trinajstić information content (AvgIpc) is 2.79. The number of piperazine rings is 1. The van der Waals surface area contributed by atoms with Gasteiger partial charge in [-0.2, -0.15) is 8.78 Å². The first kappa shape index (κ1) is 23.0. The van der Waals surface area contributed by atoms with Gasteiger partial charge in [0.2, 0.25) is 34.8 Å². The van der Waals surface area contributed by atoms with Gasteiger partial charge >= 0.3 is 12.1 Å². The summed E-state index contributed by atoms with van der Waals surface area (Å²) in [6.45, 7) is 3.05. The van der Waals surface area contributed by atoms with Crippen molar-refractivity contribution in [3.63, 3.8) is 0 Å². The Balaban J connectivity index is 1.88. The standard InChI is InChI=1S/C21H17F5N2O4/c1-2-3-11-10-12(4-5-13(11)27-6-8-28(9-7-27)21(30)31)20(29)32-19-17(25)15(23)14(22)16(24)18(19)26/h2-5,10H,6-9H2,1H3,(H,30,31). The van der Waals surface area contributed by atoms with E-state index in [1.54, 1.807) is 19.1 Å². The van der Waals surface area contributed by atoms with E-state index in [2.05, 4.69) is 4.74 Å². The highest BCUT2D eigenvalue weighted by Crippen LogP contribution is 2.31. The van der Waals surface area contributed by atoms with Crippen LogP contribution in [0.4, 0.5) is 32.4 Å². The first-order chi connectivity index (χ1) is 15.1. The number of esters is 1. The number of benzene rings is 2. The zero-order valence-corrected chi connectivity index (χ0v) is 16.7. The Bertz CT molecular complexity index is 1070. The van der Waals surface area contributed by atoms with Gasteiger partial charge in [-0.05, 0) is 30.7 Å². The van der Waals surface area contributed by atoms with E-state index in [1.807, 2.05) is 4.90 Å². The molecule has 0 bridgehead atoms. The Labute approximate surface area is 179 Å². The van der Waals surface area contributed by atoms with E-state index < -0.39 is 46.9 Å². The summed E-state index contributed by atoms with van der Waals surface area (Å²) in [5.74, 6) is -14.3. The number of anilines is 1. The lowest BCUT2D eigenvalue weighted by molar-refractivity contribution is 0.0716. The van der Waals surface area contributed by atoms with E-state index in [9.17, 15) is 31.5 Å². The minimum Gasteiger partial charge on any atom is -0.465 e. The summed E-state index contributed by atoms with van der Waals surface area (Å²) in [5, 5.41) is 9.06. The second-order valence-corrected chi connectivity index (χ2v) is 6.82. The third-order valence-electron chi connectivity index (χ3n) is 4.86. The molecule has 1 amide bonds. The van der Waals surface area contributed by atoms with Crippen LogP contribution in [0.25, 0.3) is 6.08 Å². The number of amides is 1. The van der Waals surface area contributed by atoms with Crippen LogP contribution in [-0.4, -0.2) is 48.2 Å². The van der Waals surface area contributed by atoms with Crippen LogP contribution in [0.1, 0.15) is 22.8 Å². The highest BCUT2D eigenvalue weighted by Gasteiger charge is 2.29. The Kier molecular flexibility index (Phi) is 6.66. The van der Waals surface area contributed by atoms with E-state index in [1.165, 1.54) is 23.1 Å². The Morgan fingerprint density at radius 2 is 1.50 bits per heavy atom. The second-order valence-electron chi connectivity index (χ2n) is 6.82. The molecule has 0 radical (unpaired) electrons. The van der Waals surface area contributed by atoms with Gasteiger partial charge in [-0.3, -0.25) is 0 Å². The molecule has 3 rings (SSSR count). The molecule has 6 nitrogen and oxygen atoms in total. The SMILES string of the molecule is CC=Cc1cc(C(=O)Oc2c(F)c(F)c(F)c(F)c2F)ccc1N1CCN(C(=O)O)CC1. The molecule has 0 aliphatic carbocycles. The maximum atomic E-state index is 13.8. The van der Waals surface area contributed by atoms with Crippen molar-refractivity contribution < 1.29 is 41.4 Å². The van der Waals surface area contributed by atoms with Crippen molar-refractivity contribution in [2.45, 2.75) is 6.92 Å². The van der Waals surface area contributed by atoms with Gasteiger partial charge in [-0.15, -0.1) is 0 Å². The highest BCUT2D eigenvalue weighted by molar-refractivity contribution is 5.93. The third-order valence-corrected chi connectivity index (χ3v) is 4.86. The molecule has 11 heteroatoms. The molecule has 0 spiro atoms. The van der Waals surface area contributed by atoms with Crippen LogP contribution in [-0.2, 0) is 0 Å². The van der Waals surface area contributed by atoms with Crippen molar-refractivity contribution in [3.05, 3.63) is 64.5 Å². The quantitative estimate of drug-likeness (QED) is 0.242. The first-order valence-corrected chi connectivity index (χ1v) is 9.38. The topological polar surface area (TPSA) is 70.1 Å². The van der Waals surface area contributed by atoms with Crippen LogP contribution < -0.4 is 9.64 Å². The molecule has 1 aliphatic rings. The van der Waals surface area contributed by atoms with Crippen LogP contribution in [0.2, 0.25) is 0 Å². The fourth-order valence-corrected chi connectivity index (χ4v) is 3.25. The van der Waals surface area contributed by atoms with Crippen molar-refractivity contribution in [2.75, 3.05) is 31.1 Å². The van der Waals surface area contributed by atoms with Crippen LogP contribution in [0.5, 0.6) is 5.75 Å². The normalized spacial score (nSPS) is 14.2. The number of allylic oxidation sites excluding steroid dienone is 1. The lowest BCUT2D eigenvalue weighted by atomic mass is 10.1. The van der Waals surface area contributed by atoms with Gasteiger partial charge in [0, 0.05) is 31.9 Å². The number of nitrogens with zero attached hydrogens (tertiary/aromatic N) is 2. The summed E-state index contributed by atoms with van der Waals surface area (Å²) in [6.07, 6.45) is 2.30. The van der Waals surface area contributed by atoms with Gasteiger partial charge < -0.3 is 19.6 Å². The summed E-state index contributed by atoms with van der Waals surface area (Å²) in [7, 11) is 0. The van der Waals surface area contributed by atoms with Crippen LogP contribution >= 0.6 is 0 Å². The summed E-state index contributed by atoms with van der Waals surface area (Å²) in [5.41, 5.74) is 0.999. The molecule has 1 N–H and O–H groups in total. The van der Waals surface area contributed by atoms with Crippen molar-refractivity contribution >= 4 is 23.8 Å². The molecule has 32 heavy (non-hydrogen) atoms. The molecule has 1 fully saturated rings. The van der Waals surface area contributed by atoms with Crippen LogP contribution in [0.15, 0.2) is 24.3 Å². The molecule has 0 unspecified atom stereocenters. The summed E-state index contributed by atoms with van der Waals surface area (Å²) < 4.78 is 72.0. The number of carbonyl (C=O) groups is 2. The molecule has 0 aromatic heterocycles. The zero-order chi connectivity index (χ0) is 23.6. The van der Waals surface area contributed by atoms with Gasteiger partial charge in [0.05, 0.1) is 5.56 Å². The van der Waals surface area contributed by atoms with Gasteiger partial charge in [-0.25, -0.2) is 22.8 Å². The van der Waals surface area contributed by atoms with Crippen LogP contribution in [0, 0.1) is 29.1 Å². The Morgan fingerprint density at radius 1 is 0.938 bits per heavy atom. The number of carboxylic acid groups (broad SMARTS) is 1. The predicted octanol–water partition coefficient (Wildman–Crippen LogP) is 4.43. The number of carbonyl (C=O) groups excluding carboxylic acids is 1. The second kappa shape index (κ2) is 9.25. The summed E-state index contributed by atoms with van der Waals surface area (Å²) in [4.78, 5) is 26.6. The predicted molar refractivity (Wildman–Crippen MR) is 104 cm³/mol. The van der Waals surface area contributed by atoms with Gasteiger partial charge in [0.1, 0.15) is 0 Å². The van der Waals surface area contributed by atoms with Gasteiger partial charge in [-0.1, -0.05) is 12.2 Å². The van der Waals surface area contributed by atoms with Gasteiger partial charge in [0.25, 0.3) is 0 Å². The molecular formula is C21H17F5N2O4. The monoisotopic (exact) mass is 456 g/mol. The molecule has 0 saturated carbocycles. The van der Waals surface area contributed by atoms with E-state index in [4.69, 9.17) is 5.11 Å². The van der Waals surface area contributed by atoms with Crippen molar-refractivity contribution in [2.24, 2.45) is 0 Å². The lowest BCUT2D eigenvalue weighted by Gasteiger charge is -2.35. The molecule has 2 aromatic carbocycles. The van der Waals surface area contributed by atoms with E-state index in [0.29, 0.717) is 24.3 Å². The maximum Gasteiger partial charge on any atom is 0.407 e. The number of halogens is 5. The molecular weight excluding hydrogens is 439 g/mol. The molecule has 1 saturated heterocycles. The average molecular weight is 456 g/mol. The fourth-order valence-electron chi connectivity index (χ4n) is 3.25. The van der Waals surface area contributed by atoms with Gasteiger partial charge in [0.15, 0.2) is 0 Å². The fraction of sp³-hybridized carbons (Fsp3) is 0.238. The Hall–Kier alpha value is -3.63. The third kappa shape index (κ3) is 4.36. The number of hydrogen-bond donors (Lipinski definition) is 1. The first-order valence-electron chi connectivity index (χ1n) is 9.38. The van der Waals surface area contributed by atoms with E-state index in [-0.39, 0.29) is 18.7 Å². The number of rotatable bonds is 4. The molecule has 0 atom stereocenters. The zero-order valence-electron chi connectivity index (χ0n) is 16.7. The highest BCUT2D eigenvalue weighted by atomic mass is 19.2. The molecule has 2 aromatic rings. The minimum atomic E-state index is -2.36. The number of hydrogen-bond acceptors (Lipinski definition) is 4. The largest absolute Gasteiger partial charge is 0.465 e. The van der Waals surface area contributed by atoms with Crippen molar-refractivity contribution in [3.8, 4) is 5.75 Å². The summed E-state index contributed by atoms with van der Waals surface area (Å²) >= 11 is 0. The maximum absolute atomic E-state index is 13.8. The number of ether oxygens (including phenoxy) is 1. The van der Waals surface area contributed by atoms with E-state index >= 15 is 0 Å². The molecule has 1 heterocycles. The molecule has 170 valence electrons.